The number of hydrogen-bond acceptors (Lipinski definition) is 6. The van der Waals surface area contributed by atoms with Gasteiger partial charge in [-0.15, -0.1) is 0 Å². The van der Waals surface area contributed by atoms with Gasteiger partial charge in [0.25, 0.3) is 11.8 Å². The lowest BCUT2D eigenvalue weighted by atomic mass is 9.93. The molecule has 0 saturated heterocycles. The average molecular weight is 450 g/mol. The molecule has 1 aromatic carbocycles. The van der Waals surface area contributed by atoms with Gasteiger partial charge in [0.2, 0.25) is 0 Å². The van der Waals surface area contributed by atoms with Gasteiger partial charge in [-0.05, 0) is 38.3 Å². The molecule has 0 atom stereocenters. The van der Waals surface area contributed by atoms with Gasteiger partial charge in [-0.3, -0.25) is 9.59 Å². The molecular weight excluding hydrogens is 422 g/mol. The summed E-state index contributed by atoms with van der Waals surface area (Å²) in [7, 11) is 1.52. The molecule has 33 heavy (non-hydrogen) atoms. The monoisotopic (exact) mass is 449 g/mol. The molecule has 0 fully saturated rings. The number of hydrogen-bond donors (Lipinski definition) is 2. The Kier molecular flexibility index (Phi) is 6.87. The van der Waals surface area contributed by atoms with E-state index in [1.807, 2.05) is 17.7 Å². The number of hydrazone groups is 1. The van der Waals surface area contributed by atoms with Crippen LogP contribution in [0.2, 0.25) is 0 Å². The van der Waals surface area contributed by atoms with E-state index in [-0.39, 0.29) is 11.8 Å². The van der Waals surface area contributed by atoms with Crippen molar-refractivity contribution in [2.24, 2.45) is 5.10 Å². The zero-order chi connectivity index (χ0) is 23.2. The number of aromatic nitrogens is 2. The maximum atomic E-state index is 12.7. The number of amides is 2. The number of methoxy groups -OCH3 is 1. The number of fused-ring (bicyclic) bond motifs is 1. The maximum Gasteiger partial charge on any atom is 0.287 e. The summed E-state index contributed by atoms with van der Waals surface area (Å²) in [6, 6.07) is 6.97. The summed E-state index contributed by atoms with van der Waals surface area (Å²) in [5.41, 5.74) is 5.28. The number of imidazole rings is 1. The highest BCUT2D eigenvalue weighted by Gasteiger charge is 2.28. The fourth-order valence-corrected chi connectivity index (χ4v) is 3.97. The molecule has 0 bridgehead atoms. The van der Waals surface area contributed by atoms with Gasteiger partial charge < -0.3 is 19.0 Å². The molecule has 2 N–H and O–H groups in total. The van der Waals surface area contributed by atoms with Crippen LogP contribution in [-0.4, -0.2) is 40.7 Å². The van der Waals surface area contributed by atoms with Crippen molar-refractivity contribution in [3.05, 3.63) is 71.2 Å². The first-order valence-electron chi connectivity index (χ1n) is 10.9. The summed E-state index contributed by atoms with van der Waals surface area (Å²) in [5.74, 6) is 0.904. The van der Waals surface area contributed by atoms with E-state index in [2.05, 4.69) is 20.8 Å². The van der Waals surface area contributed by atoms with Crippen LogP contribution >= 0.6 is 0 Å². The summed E-state index contributed by atoms with van der Waals surface area (Å²) < 4.78 is 13.1. The Balaban J connectivity index is 1.44. The summed E-state index contributed by atoms with van der Waals surface area (Å²) in [6.07, 6.45) is 8.39. The Labute approximate surface area is 191 Å². The highest BCUT2D eigenvalue weighted by Crippen LogP contribution is 2.30. The molecule has 9 heteroatoms. The lowest BCUT2D eigenvalue weighted by Crippen LogP contribution is -2.25. The molecule has 3 aromatic rings. The van der Waals surface area contributed by atoms with Gasteiger partial charge >= 0.3 is 0 Å². The van der Waals surface area contributed by atoms with Gasteiger partial charge in [0.15, 0.2) is 5.76 Å². The summed E-state index contributed by atoms with van der Waals surface area (Å²) in [5, 5.41) is 7.30. The third kappa shape index (κ3) is 4.97. The van der Waals surface area contributed by atoms with E-state index in [9.17, 15) is 9.59 Å². The number of nitrogens with one attached hydrogen (secondary N) is 2. The van der Waals surface area contributed by atoms with Crippen molar-refractivity contribution in [2.75, 3.05) is 13.7 Å². The molecule has 0 spiro atoms. The average Bonchev–Trinajstić information content (AvgIpc) is 3.48. The van der Waals surface area contributed by atoms with Gasteiger partial charge in [-0.2, -0.15) is 5.10 Å². The molecule has 2 aromatic heterocycles. The van der Waals surface area contributed by atoms with Crippen molar-refractivity contribution in [1.29, 1.82) is 0 Å². The SMILES string of the molecule is COc1ccccc1C(=O)N/N=C1\CCCc2oc(C(=O)NCCCn3ccnc3)c(C)c21. The number of rotatable bonds is 8. The van der Waals surface area contributed by atoms with E-state index >= 15 is 0 Å². The number of aryl methyl sites for hydroxylation is 2. The molecule has 172 valence electrons. The number of benzene rings is 1. The minimum absolute atomic E-state index is 0.245. The van der Waals surface area contributed by atoms with Gasteiger partial charge in [0.1, 0.15) is 11.5 Å². The second-order valence-electron chi connectivity index (χ2n) is 7.82. The standard InChI is InChI=1S/C24H27N5O4/c1-16-21-18(27-28-23(30)17-7-3-4-9-19(17)32-2)8-5-10-20(21)33-22(16)24(31)26-11-6-13-29-14-12-25-15-29/h3-4,7,9,12,14-15H,5-6,8,10-11,13H2,1-2H3,(H,26,31)(H,28,30)/b27-18+. The third-order valence-electron chi connectivity index (χ3n) is 5.61. The number of nitrogens with zero attached hydrogens (tertiary/aromatic N) is 3. The van der Waals surface area contributed by atoms with Crippen LogP contribution in [0.25, 0.3) is 0 Å². The first-order valence-corrected chi connectivity index (χ1v) is 10.9. The van der Waals surface area contributed by atoms with Crippen molar-refractivity contribution in [1.82, 2.24) is 20.3 Å². The van der Waals surface area contributed by atoms with Crippen LogP contribution in [0.15, 0.2) is 52.5 Å². The fraction of sp³-hybridized carbons (Fsp3) is 0.333. The Bertz CT molecular complexity index is 1160. The Morgan fingerprint density at radius 1 is 1.24 bits per heavy atom. The number of furan rings is 1. The fourth-order valence-electron chi connectivity index (χ4n) is 3.97. The third-order valence-corrected chi connectivity index (χ3v) is 5.61. The van der Waals surface area contributed by atoms with Crippen LogP contribution in [0.5, 0.6) is 5.75 Å². The van der Waals surface area contributed by atoms with Crippen molar-refractivity contribution in [3.63, 3.8) is 0 Å². The molecule has 1 aliphatic carbocycles. The number of carbonyl (C=O) groups excluding carboxylic acids is 2. The topological polar surface area (TPSA) is 111 Å². The van der Waals surface area contributed by atoms with E-state index < -0.39 is 0 Å². The lowest BCUT2D eigenvalue weighted by molar-refractivity contribution is 0.0920. The Hall–Kier alpha value is -3.88. The molecule has 1 aliphatic rings. The zero-order valence-corrected chi connectivity index (χ0v) is 18.8. The van der Waals surface area contributed by atoms with Crippen molar-refractivity contribution >= 4 is 17.5 Å². The quantitative estimate of drug-likeness (QED) is 0.406. The van der Waals surface area contributed by atoms with E-state index in [0.717, 1.165) is 42.7 Å². The predicted octanol–water partition coefficient (Wildman–Crippen LogP) is 3.08. The Morgan fingerprint density at radius 2 is 2.09 bits per heavy atom. The molecule has 9 nitrogen and oxygen atoms in total. The molecule has 0 saturated carbocycles. The van der Waals surface area contributed by atoms with Crippen LogP contribution in [0.3, 0.4) is 0 Å². The minimum Gasteiger partial charge on any atom is -0.496 e. The van der Waals surface area contributed by atoms with Crippen molar-refractivity contribution < 1.29 is 18.7 Å². The van der Waals surface area contributed by atoms with E-state index in [1.165, 1.54) is 7.11 Å². The summed E-state index contributed by atoms with van der Waals surface area (Å²) in [4.78, 5) is 29.4. The maximum absolute atomic E-state index is 12.7. The van der Waals surface area contributed by atoms with Crippen LogP contribution < -0.4 is 15.5 Å². The normalized spacial score (nSPS) is 14.1. The predicted molar refractivity (Wildman–Crippen MR) is 123 cm³/mol. The summed E-state index contributed by atoms with van der Waals surface area (Å²) >= 11 is 0. The largest absolute Gasteiger partial charge is 0.496 e. The first-order chi connectivity index (χ1) is 16.1. The highest BCUT2D eigenvalue weighted by atomic mass is 16.5. The first kappa shape index (κ1) is 22.3. The van der Waals surface area contributed by atoms with Crippen molar-refractivity contribution in [2.45, 2.75) is 39.2 Å². The summed E-state index contributed by atoms with van der Waals surface area (Å²) in [6.45, 7) is 3.15. The smallest absolute Gasteiger partial charge is 0.287 e. The lowest BCUT2D eigenvalue weighted by Gasteiger charge is -2.14. The van der Waals surface area contributed by atoms with Crippen molar-refractivity contribution in [3.8, 4) is 5.75 Å². The molecule has 0 aliphatic heterocycles. The molecular formula is C24H27N5O4. The highest BCUT2D eigenvalue weighted by molar-refractivity contribution is 6.07. The van der Waals surface area contributed by atoms with Crippen LogP contribution in [0, 0.1) is 6.92 Å². The number of ether oxygens (including phenoxy) is 1. The van der Waals surface area contributed by atoms with Crippen LogP contribution in [0.1, 0.15) is 57.1 Å². The van der Waals surface area contributed by atoms with E-state index in [4.69, 9.17) is 9.15 Å². The molecule has 4 rings (SSSR count). The number of carbonyl (C=O) groups is 2. The van der Waals surface area contributed by atoms with Crippen LogP contribution in [0.4, 0.5) is 0 Å². The van der Waals surface area contributed by atoms with Gasteiger partial charge in [0.05, 0.1) is 24.7 Å². The number of para-hydroxylation sites is 1. The van der Waals surface area contributed by atoms with Gasteiger partial charge in [-0.25, -0.2) is 10.4 Å². The second kappa shape index (κ2) is 10.2. The van der Waals surface area contributed by atoms with E-state index in [1.54, 1.807) is 36.8 Å². The van der Waals surface area contributed by atoms with E-state index in [0.29, 0.717) is 35.8 Å². The van der Waals surface area contributed by atoms with Crippen LogP contribution in [-0.2, 0) is 13.0 Å². The molecule has 2 amide bonds. The molecule has 0 unspecified atom stereocenters. The zero-order valence-electron chi connectivity index (χ0n) is 18.8. The van der Waals surface area contributed by atoms with Gasteiger partial charge in [-0.1, -0.05) is 12.1 Å². The van der Waals surface area contributed by atoms with Gasteiger partial charge in [0, 0.05) is 43.0 Å². The molecule has 2 heterocycles. The second-order valence-corrected chi connectivity index (χ2v) is 7.82. The minimum atomic E-state index is -0.357. The Morgan fingerprint density at radius 3 is 2.88 bits per heavy atom. The molecule has 0 radical (unpaired) electrons.